The molecule has 0 fully saturated rings. The van der Waals surface area contributed by atoms with Crippen LogP contribution < -0.4 is 0 Å². The largest absolute Gasteiger partial charge is 0.393 e. The molecule has 2 unspecified atom stereocenters. The summed E-state index contributed by atoms with van der Waals surface area (Å²) in [5, 5.41) is 9.45. The van der Waals surface area contributed by atoms with E-state index in [2.05, 4.69) is 25.7 Å². The molecule has 0 heterocycles. The molecule has 15 heavy (non-hydrogen) atoms. The van der Waals surface area contributed by atoms with Crippen LogP contribution in [0.2, 0.25) is 0 Å². The smallest absolute Gasteiger partial charge is 0.0538 e. The lowest BCUT2D eigenvalue weighted by atomic mass is 10.1. The van der Waals surface area contributed by atoms with E-state index >= 15 is 0 Å². The third-order valence-corrected chi connectivity index (χ3v) is 3.20. The van der Waals surface area contributed by atoms with E-state index < -0.39 is 0 Å². The minimum atomic E-state index is -0.0905. The van der Waals surface area contributed by atoms with Crippen LogP contribution in [0.15, 0.2) is 0 Å². The van der Waals surface area contributed by atoms with Gasteiger partial charge in [-0.05, 0) is 38.3 Å². The van der Waals surface area contributed by atoms with Crippen molar-refractivity contribution < 1.29 is 5.11 Å². The van der Waals surface area contributed by atoms with Crippen LogP contribution in [0, 0.1) is 5.92 Å². The van der Waals surface area contributed by atoms with Gasteiger partial charge in [-0.2, -0.15) is 0 Å². The Morgan fingerprint density at radius 2 is 1.80 bits per heavy atom. The van der Waals surface area contributed by atoms with Crippen LogP contribution in [0.25, 0.3) is 0 Å². The lowest BCUT2D eigenvalue weighted by molar-refractivity contribution is 0.147. The lowest BCUT2D eigenvalue weighted by Crippen LogP contribution is -2.29. The summed E-state index contributed by atoms with van der Waals surface area (Å²) in [5.74, 6) is 0.793. The number of nitrogens with zero attached hydrogens (tertiary/aromatic N) is 1. The molecule has 0 saturated heterocycles. The molecule has 0 saturated carbocycles. The van der Waals surface area contributed by atoms with Gasteiger partial charge in [0.05, 0.1) is 6.10 Å². The Morgan fingerprint density at radius 3 is 2.27 bits per heavy atom. The Hall–Kier alpha value is -0.0800. The molecule has 0 aliphatic carbocycles. The first-order chi connectivity index (χ1) is 7.13. The van der Waals surface area contributed by atoms with Gasteiger partial charge in [0.1, 0.15) is 0 Å². The van der Waals surface area contributed by atoms with Gasteiger partial charge in [-0.15, -0.1) is 0 Å². The lowest BCUT2D eigenvalue weighted by Gasteiger charge is -2.24. The fourth-order valence-corrected chi connectivity index (χ4v) is 1.70. The fourth-order valence-electron chi connectivity index (χ4n) is 1.70. The first-order valence-corrected chi connectivity index (χ1v) is 6.54. The summed E-state index contributed by atoms with van der Waals surface area (Å²) in [7, 11) is 0. The maximum atomic E-state index is 9.45. The van der Waals surface area contributed by atoms with Gasteiger partial charge in [0.25, 0.3) is 0 Å². The Labute approximate surface area is 95.7 Å². The van der Waals surface area contributed by atoms with Crippen molar-refractivity contribution in [2.45, 2.75) is 59.5 Å². The first kappa shape index (κ1) is 14.9. The zero-order valence-corrected chi connectivity index (χ0v) is 11.0. The van der Waals surface area contributed by atoms with Crippen molar-refractivity contribution in [1.82, 2.24) is 4.90 Å². The summed E-state index contributed by atoms with van der Waals surface area (Å²) in [5.41, 5.74) is 0. The highest BCUT2D eigenvalue weighted by Crippen LogP contribution is 2.07. The Kier molecular flexibility index (Phi) is 9.12. The predicted octanol–water partition coefficient (Wildman–Crippen LogP) is 2.91. The van der Waals surface area contributed by atoms with Crippen molar-refractivity contribution in [3.63, 3.8) is 0 Å². The van der Waals surface area contributed by atoms with Gasteiger partial charge in [0, 0.05) is 6.54 Å². The van der Waals surface area contributed by atoms with Crippen molar-refractivity contribution in [1.29, 1.82) is 0 Å². The summed E-state index contributed by atoms with van der Waals surface area (Å²) < 4.78 is 0. The average Bonchev–Trinajstić information content (AvgIpc) is 2.26. The molecule has 0 radical (unpaired) electrons. The highest BCUT2D eigenvalue weighted by atomic mass is 16.3. The van der Waals surface area contributed by atoms with E-state index in [1.54, 1.807) is 0 Å². The SMILES string of the molecule is CCC(C)CN(CC)CCCC(O)CC. The summed E-state index contributed by atoms with van der Waals surface area (Å²) >= 11 is 0. The normalized spacial score (nSPS) is 15.6. The molecule has 0 aromatic carbocycles. The highest BCUT2D eigenvalue weighted by molar-refractivity contribution is 4.62. The minimum Gasteiger partial charge on any atom is -0.393 e. The van der Waals surface area contributed by atoms with Crippen LogP contribution in [0.3, 0.4) is 0 Å². The minimum absolute atomic E-state index is 0.0905. The molecule has 1 N–H and O–H groups in total. The molecule has 2 nitrogen and oxygen atoms in total. The number of aliphatic hydroxyl groups is 1. The zero-order valence-electron chi connectivity index (χ0n) is 11.0. The van der Waals surface area contributed by atoms with Crippen molar-refractivity contribution >= 4 is 0 Å². The molecule has 0 spiro atoms. The van der Waals surface area contributed by atoms with Crippen LogP contribution in [-0.2, 0) is 0 Å². The topological polar surface area (TPSA) is 23.5 Å². The molecule has 92 valence electrons. The van der Waals surface area contributed by atoms with Crippen molar-refractivity contribution in [2.75, 3.05) is 19.6 Å². The van der Waals surface area contributed by atoms with E-state index in [4.69, 9.17) is 0 Å². The molecule has 0 rings (SSSR count). The van der Waals surface area contributed by atoms with Gasteiger partial charge < -0.3 is 10.0 Å². The maximum absolute atomic E-state index is 9.45. The Morgan fingerprint density at radius 1 is 1.13 bits per heavy atom. The molecule has 0 aromatic heterocycles. The zero-order chi connectivity index (χ0) is 11.7. The van der Waals surface area contributed by atoms with Gasteiger partial charge in [-0.25, -0.2) is 0 Å². The molecular formula is C13H29NO. The molecule has 0 amide bonds. The molecule has 2 heteroatoms. The standard InChI is InChI=1S/C13H29NO/c1-5-12(4)11-14(7-3)10-8-9-13(15)6-2/h12-13,15H,5-11H2,1-4H3. The van der Waals surface area contributed by atoms with Gasteiger partial charge in [-0.1, -0.05) is 34.1 Å². The molecule has 0 aliphatic heterocycles. The van der Waals surface area contributed by atoms with Crippen LogP contribution in [-0.4, -0.2) is 35.7 Å². The van der Waals surface area contributed by atoms with Gasteiger partial charge >= 0.3 is 0 Å². The molecule has 0 aliphatic rings. The molecule has 2 atom stereocenters. The van der Waals surface area contributed by atoms with E-state index in [0.717, 1.165) is 38.3 Å². The summed E-state index contributed by atoms with van der Waals surface area (Å²) in [4.78, 5) is 2.50. The monoisotopic (exact) mass is 215 g/mol. The average molecular weight is 215 g/mol. The van der Waals surface area contributed by atoms with E-state index in [1.807, 2.05) is 6.92 Å². The third-order valence-electron chi connectivity index (χ3n) is 3.20. The second-order valence-electron chi connectivity index (χ2n) is 4.61. The summed E-state index contributed by atoms with van der Waals surface area (Å²) in [6.07, 6.45) is 4.13. The quantitative estimate of drug-likeness (QED) is 0.639. The van der Waals surface area contributed by atoms with Gasteiger partial charge in [0.2, 0.25) is 0 Å². The van der Waals surface area contributed by atoms with E-state index in [-0.39, 0.29) is 6.10 Å². The first-order valence-electron chi connectivity index (χ1n) is 6.54. The van der Waals surface area contributed by atoms with Gasteiger partial charge in [-0.3, -0.25) is 0 Å². The van der Waals surface area contributed by atoms with E-state index in [9.17, 15) is 5.11 Å². The van der Waals surface area contributed by atoms with Crippen molar-refractivity contribution in [3.8, 4) is 0 Å². The third kappa shape index (κ3) is 7.80. The van der Waals surface area contributed by atoms with Crippen molar-refractivity contribution in [3.05, 3.63) is 0 Å². The van der Waals surface area contributed by atoms with E-state index in [0.29, 0.717) is 0 Å². The summed E-state index contributed by atoms with van der Waals surface area (Å²) in [6.45, 7) is 12.3. The number of rotatable bonds is 9. The summed E-state index contributed by atoms with van der Waals surface area (Å²) in [6, 6.07) is 0. The molecule has 0 bridgehead atoms. The van der Waals surface area contributed by atoms with Crippen molar-refractivity contribution in [2.24, 2.45) is 5.92 Å². The molecular weight excluding hydrogens is 186 g/mol. The molecule has 0 aromatic rings. The van der Waals surface area contributed by atoms with Crippen LogP contribution >= 0.6 is 0 Å². The number of hydrogen-bond acceptors (Lipinski definition) is 2. The highest BCUT2D eigenvalue weighted by Gasteiger charge is 2.07. The Balaban J connectivity index is 3.61. The fraction of sp³-hybridized carbons (Fsp3) is 1.00. The van der Waals surface area contributed by atoms with Gasteiger partial charge in [0.15, 0.2) is 0 Å². The maximum Gasteiger partial charge on any atom is 0.0538 e. The number of aliphatic hydroxyl groups excluding tert-OH is 1. The second kappa shape index (κ2) is 9.17. The number of hydrogen-bond donors (Lipinski definition) is 1. The van der Waals surface area contributed by atoms with Crippen LogP contribution in [0.1, 0.15) is 53.4 Å². The predicted molar refractivity (Wildman–Crippen MR) is 67.1 cm³/mol. The van der Waals surface area contributed by atoms with Crippen LogP contribution in [0.5, 0.6) is 0 Å². The van der Waals surface area contributed by atoms with E-state index in [1.165, 1.54) is 13.0 Å². The Bertz CT molecular complexity index is 138. The second-order valence-corrected chi connectivity index (χ2v) is 4.61. The van der Waals surface area contributed by atoms with Crippen LogP contribution in [0.4, 0.5) is 0 Å².